The average Bonchev–Trinajstić information content (AvgIpc) is 2.94. The fourth-order valence-corrected chi connectivity index (χ4v) is 4.14. The predicted octanol–water partition coefficient (Wildman–Crippen LogP) is 1.03. The minimum Gasteiger partial charge on any atom is -0.289 e. The van der Waals surface area contributed by atoms with Crippen LogP contribution in [0.2, 0.25) is 0 Å². The van der Waals surface area contributed by atoms with Crippen LogP contribution in [0.3, 0.4) is 0 Å². The molecule has 1 aromatic heterocycles. The Morgan fingerprint density at radius 3 is 2.86 bits per heavy atom. The van der Waals surface area contributed by atoms with Crippen LogP contribution in [0.5, 0.6) is 0 Å². The molecule has 0 saturated carbocycles. The molecule has 1 heterocycles. The van der Waals surface area contributed by atoms with Crippen LogP contribution >= 0.6 is 11.7 Å². The lowest BCUT2D eigenvalue weighted by molar-refractivity contribution is -0.129. The minimum absolute atomic E-state index is 0.0317. The summed E-state index contributed by atoms with van der Waals surface area (Å²) in [6, 6.07) is 4.11. The lowest BCUT2D eigenvalue weighted by Crippen LogP contribution is -2.38. The molecule has 0 spiro atoms. The molecule has 10 heteroatoms. The van der Waals surface area contributed by atoms with Gasteiger partial charge in [0.2, 0.25) is 15.9 Å². The van der Waals surface area contributed by atoms with Crippen molar-refractivity contribution in [3.8, 4) is 0 Å². The number of hydrogen-bond acceptors (Lipinski definition) is 7. The Morgan fingerprint density at radius 2 is 2.18 bits per heavy atom. The second-order valence-electron chi connectivity index (χ2n) is 4.73. The molecule has 0 aliphatic heterocycles. The van der Waals surface area contributed by atoms with Gasteiger partial charge in [0.25, 0.3) is 0 Å². The van der Waals surface area contributed by atoms with Gasteiger partial charge in [-0.05, 0) is 18.6 Å². The van der Waals surface area contributed by atoms with Crippen LogP contribution in [0.15, 0.2) is 23.1 Å². The molecule has 2 rings (SSSR count). The van der Waals surface area contributed by atoms with Crippen LogP contribution in [0.1, 0.15) is 26.2 Å². The highest BCUT2D eigenvalue weighted by Gasteiger charge is 2.24. The zero-order valence-corrected chi connectivity index (χ0v) is 13.4. The van der Waals surface area contributed by atoms with E-state index in [0.29, 0.717) is 23.9 Å². The van der Waals surface area contributed by atoms with Crippen molar-refractivity contribution in [2.24, 2.45) is 0 Å². The number of carbonyl (C=O) groups excluding carboxylic acids is 1. The fraction of sp³-hybridized carbons (Fsp3) is 0.417. The number of carbonyl (C=O) groups is 1. The molecular formula is C12H16N4O4S2. The smallest absolute Gasteiger partial charge is 0.244 e. The highest BCUT2D eigenvalue weighted by atomic mass is 32.2. The van der Waals surface area contributed by atoms with Crippen molar-refractivity contribution in [2.45, 2.75) is 37.1 Å². The first-order chi connectivity index (χ1) is 10.5. The van der Waals surface area contributed by atoms with Gasteiger partial charge in [0, 0.05) is 12.5 Å². The van der Waals surface area contributed by atoms with Gasteiger partial charge < -0.3 is 0 Å². The van der Waals surface area contributed by atoms with Crippen molar-refractivity contribution in [3.63, 3.8) is 0 Å². The minimum atomic E-state index is -3.84. The summed E-state index contributed by atoms with van der Waals surface area (Å²) in [4.78, 5) is 11.3. The predicted molar refractivity (Wildman–Crippen MR) is 81.0 cm³/mol. The van der Waals surface area contributed by atoms with Gasteiger partial charge in [-0.3, -0.25) is 10.0 Å². The fourth-order valence-electron chi connectivity index (χ4n) is 2.10. The average molecular weight is 344 g/mol. The number of sulfonamides is 1. The molecule has 2 aromatic rings. The molecule has 0 aliphatic rings. The first kappa shape index (κ1) is 16.7. The molecule has 8 nitrogen and oxygen atoms in total. The SMILES string of the molecule is CCCC(CC(=O)NO)NS(=O)(=O)c1cccc2nsnc12. The van der Waals surface area contributed by atoms with Crippen LogP contribution < -0.4 is 10.2 Å². The van der Waals surface area contributed by atoms with Crippen LogP contribution in [-0.2, 0) is 14.8 Å². The summed E-state index contributed by atoms with van der Waals surface area (Å²) >= 11 is 0.937. The van der Waals surface area contributed by atoms with Gasteiger partial charge in [0.05, 0.1) is 11.7 Å². The lowest BCUT2D eigenvalue weighted by atomic mass is 10.1. The molecule has 1 amide bonds. The Balaban J connectivity index is 2.28. The molecule has 1 unspecified atom stereocenters. The topological polar surface area (TPSA) is 121 Å². The van der Waals surface area contributed by atoms with E-state index in [1.165, 1.54) is 11.5 Å². The van der Waals surface area contributed by atoms with Crippen LogP contribution in [0.25, 0.3) is 11.0 Å². The van der Waals surface area contributed by atoms with Gasteiger partial charge in [-0.15, -0.1) is 0 Å². The van der Waals surface area contributed by atoms with Crippen LogP contribution in [-0.4, -0.2) is 34.3 Å². The van der Waals surface area contributed by atoms with Gasteiger partial charge in [0.15, 0.2) is 0 Å². The van der Waals surface area contributed by atoms with Gasteiger partial charge >= 0.3 is 0 Å². The Morgan fingerprint density at radius 1 is 1.41 bits per heavy atom. The number of benzene rings is 1. The molecule has 0 bridgehead atoms. The third kappa shape index (κ3) is 3.77. The van der Waals surface area contributed by atoms with E-state index in [1.54, 1.807) is 12.1 Å². The van der Waals surface area contributed by atoms with E-state index >= 15 is 0 Å². The number of nitrogens with zero attached hydrogens (tertiary/aromatic N) is 2. The van der Waals surface area contributed by atoms with Gasteiger partial charge in [-0.1, -0.05) is 19.4 Å². The normalized spacial score (nSPS) is 13.2. The second kappa shape index (κ2) is 7.09. The molecule has 1 aromatic carbocycles. The van der Waals surface area contributed by atoms with Crippen molar-refractivity contribution in [1.82, 2.24) is 18.9 Å². The van der Waals surface area contributed by atoms with Crippen molar-refractivity contribution in [3.05, 3.63) is 18.2 Å². The largest absolute Gasteiger partial charge is 0.289 e. The number of rotatable bonds is 7. The Kier molecular flexibility index (Phi) is 5.40. The molecule has 22 heavy (non-hydrogen) atoms. The zero-order valence-electron chi connectivity index (χ0n) is 11.8. The van der Waals surface area contributed by atoms with Crippen LogP contribution in [0.4, 0.5) is 0 Å². The van der Waals surface area contributed by atoms with Crippen molar-refractivity contribution >= 4 is 38.7 Å². The summed E-state index contributed by atoms with van der Waals surface area (Å²) in [5.41, 5.74) is 2.33. The van der Waals surface area contributed by atoms with Crippen molar-refractivity contribution < 1.29 is 18.4 Å². The summed E-state index contributed by atoms with van der Waals surface area (Å²) in [6.07, 6.45) is 1.02. The second-order valence-corrected chi connectivity index (χ2v) is 6.94. The Labute approximate surface area is 131 Å². The molecular weight excluding hydrogens is 328 g/mol. The number of amides is 1. The van der Waals surface area contributed by atoms with E-state index in [4.69, 9.17) is 5.21 Å². The Hall–Kier alpha value is -1.62. The maximum Gasteiger partial charge on any atom is 0.244 e. The monoisotopic (exact) mass is 344 g/mol. The number of hydrogen-bond donors (Lipinski definition) is 3. The van der Waals surface area contributed by atoms with E-state index < -0.39 is 22.0 Å². The van der Waals surface area contributed by atoms with E-state index in [9.17, 15) is 13.2 Å². The quantitative estimate of drug-likeness (QED) is 0.509. The molecule has 0 radical (unpaired) electrons. The first-order valence-electron chi connectivity index (χ1n) is 6.64. The zero-order chi connectivity index (χ0) is 16.2. The lowest BCUT2D eigenvalue weighted by Gasteiger charge is -2.17. The van der Waals surface area contributed by atoms with E-state index in [0.717, 1.165) is 11.7 Å². The number of fused-ring (bicyclic) bond motifs is 1. The Bertz CT molecular complexity index is 759. The number of nitrogens with one attached hydrogen (secondary N) is 2. The summed E-state index contributed by atoms with van der Waals surface area (Å²) in [7, 11) is -3.84. The molecule has 1 atom stereocenters. The summed E-state index contributed by atoms with van der Waals surface area (Å²) < 4.78 is 35.6. The first-order valence-corrected chi connectivity index (χ1v) is 8.85. The molecule has 0 saturated heterocycles. The summed E-state index contributed by atoms with van der Waals surface area (Å²) in [6.45, 7) is 1.88. The molecule has 0 aliphatic carbocycles. The van der Waals surface area contributed by atoms with Gasteiger partial charge in [0.1, 0.15) is 15.9 Å². The maximum absolute atomic E-state index is 12.5. The van der Waals surface area contributed by atoms with Gasteiger partial charge in [-0.2, -0.15) is 8.75 Å². The third-order valence-electron chi connectivity index (χ3n) is 3.05. The third-order valence-corrected chi connectivity index (χ3v) is 5.15. The number of hydroxylamine groups is 1. The van der Waals surface area contributed by atoms with Crippen molar-refractivity contribution in [2.75, 3.05) is 0 Å². The molecule has 3 N–H and O–H groups in total. The maximum atomic E-state index is 12.5. The summed E-state index contributed by atoms with van der Waals surface area (Å²) in [5.74, 6) is -0.644. The van der Waals surface area contributed by atoms with E-state index in [2.05, 4.69) is 13.5 Å². The van der Waals surface area contributed by atoms with Gasteiger partial charge in [-0.25, -0.2) is 18.6 Å². The highest BCUT2D eigenvalue weighted by Crippen LogP contribution is 2.21. The highest BCUT2D eigenvalue weighted by molar-refractivity contribution is 7.89. The number of aromatic nitrogens is 2. The van der Waals surface area contributed by atoms with E-state index in [1.807, 2.05) is 6.92 Å². The molecule has 0 fully saturated rings. The molecule has 120 valence electrons. The van der Waals surface area contributed by atoms with Crippen LogP contribution in [0, 0.1) is 0 Å². The standard InChI is InChI=1S/C12H16N4O4S2/c1-2-4-8(7-11(17)13-18)16-22(19,20)10-6-3-5-9-12(10)15-21-14-9/h3,5-6,8,16,18H,2,4,7H2,1H3,(H,13,17). The van der Waals surface area contributed by atoms with E-state index in [-0.39, 0.29) is 11.3 Å². The summed E-state index contributed by atoms with van der Waals surface area (Å²) in [5, 5.41) is 8.59. The van der Waals surface area contributed by atoms with Crippen molar-refractivity contribution in [1.29, 1.82) is 0 Å².